The summed E-state index contributed by atoms with van der Waals surface area (Å²) in [6.45, 7) is 0. The van der Waals surface area contributed by atoms with E-state index in [0.717, 1.165) is 5.56 Å². The van der Waals surface area contributed by atoms with Crippen molar-refractivity contribution in [3.8, 4) is 22.6 Å². The Morgan fingerprint density at radius 3 is 2.29 bits per heavy atom. The van der Waals surface area contributed by atoms with E-state index in [4.69, 9.17) is 9.56 Å². The summed E-state index contributed by atoms with van der Waals surface area (Å²) in [4.78, 5) is 4.02. The number of benzene rings is 2. The first-order valence-corrected chi connectivity index (χ1v) is 7.73. The molecule has 3 rings (SSSR count). The number of rotatable bonds is 3. The second-order valence-electron chi connectivity index (χ2n) is 4.43. The fraction of sp³-hybridized carbons (Fsp3) is 0. The quantitative estimate of drug-likeness (QED) is 0.805. The van der Waals surface area contributed by atoms with Crippen molar-refractivity contribution in [2.75, 3.05) is 0 Å². The third-order valence-electron chi connectivity index (χ3n) is 3.05. The standard InChI is InChI=1S/C15H12N2O3S/c16-21(18,19)14-12(11-5-2-1-3-6-11)7-4-8-13(14)15-17-9-10-20-15/h1-10H,(H2,16,18,19). The van der Waals surface area contributed by atoms with E-state index < -0.39 is 10.0 Å². The number of nitrogens with two attached hydrogens (primary N) is 1. The molecule has 0 fully saturated rings. The Bertz CT molecular complexity index is 857. The van der Waals surface area contributed by atoms with E-state index in [1.165, 1.54) is 12.5 Å². The van der Waals surface area contributed by atoms with Crippen LogP contribution in [0.3, 0.4) is 0 Å². The number of hydrogen-bond acceptors (Lipinski definition) is 4. The fourth-order valence-corrected chi connectivity index (χ4v) is 3.17. The molecule has 106 valence electrons. The van der Waals surface area contributed by atoms with Gasteiger partial charge in [-0.05, 0) is 11.6 Å². The largest absolute Gasteiger partial charge is 0.444 e. The highest BCUT2D eigenvalue weighted by Crippen LogP contribution is 2.34. The topological polar surface area (TPSA) is 86.2 Å². The van der Waals surface area contributed by atoms with Gasteiger partial charge in [0.25, 0.3) is 0 Å². The van der Waals surface area contributed by atoms with Crippen LogP contribution in [0.4, 0.5) is 0 Å². The maximum atomic E-state index is 12.1. The van der Waals surface area contributed by atoms with Gasteiger partial charge in [0.2, 0.25) is 15.9 Å². The van der Waals surface area contributed by atoms with Crippen LogP contribution in [0.2, 0.25) is 0 Å². The molecule has 1 aromatic heterocycles. The smallest absolute Gasteiger partial charge is 0.239 e. The molecule has 0 radical (unpaired) electrons. The molecule has 0 aliphatic heterocycles. The van der Waals surface area contributed by atoms with Crippen LogP contribution >= 0.6 is 0 Å². The molecule has 2 N–H and O–H groups in total. The number of sulfonamides is 1. The van der Waals surface area contributed by atoms with E-state index >= 15 is 0 Å². The summed E-state index contributed by atoms with van der Waals surface area (Å²) in [5, 5.41) is 5.40. The van der Waals surface area contributed by atoms with Gasteiger partial charge in [-0.25, -0.2) is 18.5 Å². The summed E-state index contributed by atoms with van der Waals surface area (Å²) in [7, 11) is -3.94. The lowest BCUT2D eigenvalue weighted by molar-refractivity contribution is 0.570. The molecule has 0 saturated carbocycles. The van der Waals surface area contributed by atoms with E-state index in [1.54, 1.807) is 18.2 Å². The second-order valence-corrected chi connectivity index (χ2v) is 5.93. The van der Waals surface area contributed by atoms with Gasteiger partial charge in [0.1, 0.15) is 11.2 Å². The lowest BCUT2D eigenvalue weighted by atomic mass is 10.0. The first-order chi connectivity index (χ1) is 10.1. The van der Waals surface area contributed by atoms with E-state index in [-0.39, 0.29) is 10.8 Å². The molecular formula is C15H12N2O3S. The predicted molar refractivity (Wildman–Crippen MR) is 78.7 cm³/mol. The summed E-state index contributed by atoms with van der Waals surface area (Å²) in [6.07, 6.45) is 2.84. The first-order valence-electron chi connectivity index (χ1n) is 6.18. The molecule has 0 amide bonds. The zero-order valence-corrected chi connectivity index (χ0v) is 11.7. The molecule has 0 aliphatic rings. The van der Waals surface area contributed by atoms with Gasteiger partial charge >= 0.3 is 0 Å². The Morgan fingerprint density at radius 1 is 0.952 bits per heavy atom. The summed E-state index contributed by atoms with van der Waals surface area (Å²) in [5.74, 6) is 0.219. The molecule has 1 heterocycles. The number of hydrogen-bond donors (Lipinski definition) is 1. The van der Waals surface area contributed by atoms with Crippen LogP contribution in [0.1, 0.15) is 0 Å². The van der Waals surface area contributed by atoms with Gasteiger partial charge in [0.15, 0.2) is 0 Å². The molecule has 21 heavy (non-hydrogen) atoms. The van der Waals surface area contributed by atoms with Gasteiger partial charge in [0, 0.05) is 5.56 Å². The molecule has 0 bridgehead atoms. The van der Waals surface area contributed by atoms with Crippen LogP contribution in [0.25, 0.3) is 22.6 Å². The average molecular weight is 300 g/mol. The predicted octanol–water partition coefficient (Wildman–Crippen LogP) is 2.66. The van der Waals surface area contributed by atoms with Crippen LogP contribution in [0, 0.1) is 0 Å². The summed E-state index contributed by atoms with van der Waals surface area (Å²) in [5.41, 5.74) is 1.63. The molecule has 0 unspecified atom stereocenters. The Balaban J connectivity index is 2.35. The van der Waals surface area contributed by atoms with Crippen LogP contribution in [0.5, 0.6) is 0 Å². The van der Waals surface area contributed by atoms with Crippen molar-refractivity contribution in [3.63, 3.8) is 0 Å². The Kier molecular flexibility index (Phi) is 3.32. The third kappa shape index (κ3) is 2.58. The summed E-state index contributed by atoms with van der Waals surface area (Å²) >= 11 is 0. The monoisotopic (exact) mass is 300 g/mol. The van der Waals surface area contributed by atoms with Crippen molar-refractivity contribution >= 4 is 10.0 Å². The van der Waals surface area contributed by atoms with Gasteiger partial charge in [-0.2, -0.15) is 0 Å². The van der Waals surface area contributed by atoms with E-state index in [0.29, 0.717) is 11.1 Å². The van der Waals surface area contributed by atoms with Crippen molar-refractivity contribution in [1.29, 1.82) is 0 Å². The Hall–Kier alpha value is -2.44. The zero-order chi connectivity index (χ0) is 14.9. The van der Waals surface area contributed by atoms with Crippen molar-refractivity contribution in [1.82, 2.24) is 4.98 Å². The van der Waals surface area contributed by atoms with Crippen LogP contribution < -0.4 is 5.14 Å². The first kappa shape index (κ1) is 13.5. The normalized spacial score (nSPS) is 11.5. The lowest BCUT2D eigenvalue weighted by Gasteiger charge is -2.11. The molecule has 0 aliphatic carbocycles. The molecule has 6 heteroatoms. The van der Waals surface area contributed by atoms with E-state index in [9.17, 15) is 8.42 Å². The number of aromatic nitrogens is 1. The second kappa shape index (κ2) is 5.16. The van der Waals surface area contributed by atoms with E-state index in [1.807, 2.05) is 30.3 Å². The van der Waals surface area contributed by atoms with Gasteiger partial charge < -0.3 is 4.42 Å². The van der Waals surface area contributed by atoms with E-state index in [2.05, 4.69) is 4.98 Å². The highest BCUT2D eigenvalue weighted by molar-refractivity contribution is 7.89. The van der Waals surface area contributed by atoms with Crippen LogP contribution in [-0.4, -0.2) is 13.4 Å². The molecule has 0 atom stereocenters. The SMILES string of the molecule is NS(=O)(=O)c1c(-c2ccccc2)cccc1-c1ncco1. The van der Waals surface area contributed by atoms with Crippen LogP contribution in [0.15, 0.2) is 70.3 Å². The highest BCUT2D eigenvalue weighted by atomic mass is 32.2. The molecule has 5 nitrogen and oxygen atoms in total. The molecular weight excluding hydrogens is 288 g/mol. The number of oxazole rings is 1. The summed E-state index contributed by atoms with van der Waals surface area (Å²) < 4.78 is 29.3. The molecule has 3 aromatic rings. The van der Waals surface area contributed by atoms with Crippen LogP contribution in [-0.2, 0) is 10.0 Å². The minimum Gasteiger partial charge on any atom is -0.444 e. The lowest BCUT2D eigenvalue weighted by Crippen LogP contribution is -2.15. The minimum atomic E-state index is -3.94. The fourth-order valence-electron chi connectivity index (χ4n) is 2.21. The molecule has 2 aromatic carbocycles. The van der Waals surface area contributed by atoms with Gasteiger partial charge in [-0.1, -0.05) is 42.5 Å². The van der Waals surface area contributed by atoms with Gasteiger partial charge in [-0.3, -0.25) is 0 Å². The molecule has 0 spiro atoms. The van der Waals surface area contributed by atoms with Crippen molar-refractivity contribution in [2.45, 2.75) is 4.90 Å². The van der Waals surface area contributed by atoms with Gasteiger partial charge in [-0.15, -0.1) is 0 Å². The van der Waals surface area contributed by atoms with Crippen molar-refractivity contribution < 1.29 is 12.8 Å². The third-order valence-corrected chi connectivity index (χ3v) is 4.06. The number of nitrogens with zero attached hydrogens (tertiary/aromatic N) is 1. The summed E-state index contributed by atoms with van der Waals surface area (Å²) in [6, 6.07) is 14.3. The molecule has 0 saturated heterocycles. The van der Waals surface area contributed by atoms with Crippen molar-refractivity contribution in [2.24, 2.45) is 5.14 Å². The zero-order valence-electron chi connectivity index (χ0n) is 10.9. The maximum Gasteiger partial charge on any atom is 0.239 e. The Morgan fingerprint density at radius 2 is 1.67 bits per heavy atom. The highest BCUT2D eigenvalue weighted by Gasteiger charge is 2.22. The van der Waals surface area contributed by atoms with Crippen molar-refractivity contribution in [3.05, 3.63) is 61.0 Å². The number of primary sulfonamides is 1. The average Bonchev–Trinajstić information content (AvgIpc) is 3.00. The minimum absolute atomic E-state index is 0.0126. The maximum absolute atomic E-state index is 12.1. The van der Waals surface area contributed by atoms with Gasteiger partial charge in [0.05, 0.1) is 11.8 Å². The Labute approximate surface area is 122 Å².